The van der Waals surface area contributed by atoms with E-state index >= 15 is 0 Å². The number of hydrogen-bond acceptors (Lipinski definition) is 2. The molecule has 13 heavy (non-hydrogen) atoms. The maximum Gasteiger partial charge on any atom is 0.315 e. The van der Waals surface area contributed by atoms with E-state index in [4.69, 9.17) is 0 Å². The van der Waals surface area contributed by atoms with Gasteiger partial charge in [-0.25, -0.2) is 4.79 Å². The number of rotatable bonds is 3. The third-order valence-corrected chi connectivity index (χ3v) is 2.86. The number of nitrogens with one attached hydrogen (secondary N) is 3. The van der Waals surface area contributed by atoms with Gasteiger partial charge in [-0.2, -0.15) is 0 Å². The molecule has 1 aliphatic heterocycles. The van der Waals surface area contributed by atoms with Gasteiger partial charge in [-0.3, -0.25) is 0 Å². The Hall–Kier alpha value is -0.770. The van der Waals surface area contributed by atoms with Gasteiger partial charge in [0.05, 0.1) is 0 Å². The fourth-order valence-corrected chi connectivity index (χ4v) is 1.52. The molecule has 2 aliphatic rings. The van der Waals surface area contributed by atoms with Gasteiger partial charge in [-0.05, 0) is 19.3 Å². The highest BCUT2D eigenvalue weighted by Crippen LogP contribution is 2.17. The quantitative estimate of drug-likeness (QED) is 0.579. The zero-order chi connectivity index (χ0) is 9.10. The Morgan fingerprint density at radius 2 is 2.15 bits per heavy atom. The average Bonchev–Trinajstić information content (AvgIpc) is 1.94. The van der Waals surface area contributed by atoms with Gasteiger partial charge in [0.25, 0.3) is 0 Å². The van der Waals surface area contributed by atoms with Crippen LogP contribution in [0.5, 0.6) is 0 Å². The molecule has 2 rings (SSSR count). The molecular weight excluding hydrogens is 166 g/mol. The zero-order valence-electron chi connectivity index (χ0n) is 7.81. The molecular formula is C9H17N3O. The van der Waals surface area contributed by atoms with Crippen molar-refractivity contribution in [1.82, 2.24) is 16.0 Å². The molecule has 0 aromatic heterocycles. The Morgan fingerprint density at radius 3 is 2.62 bits per heavy atom. The second kappa shape index (κ2) is 3.96. The molecule has 0 radical (unpaired) electrons. The molecule has 1 heterocycles. The Labute approximate surface area is 78.5 Å². The van der Waals surface area contributed by atoms with Crippen LogP contribution in [-0.2, 0) is 0 Å². The first-order valence-corrected chi connectivity index (χ1v) is 5.09. The third kappa shape index (κ3) is 2.34. The van der Waals surface area contributed by atoms with Crippen LogP contribution in [0.1, 0.15) is 19.3 Å². The molecule has 0 spiro atoms. The Kier molecular flexibility index (Phi) is 2.68. The van der Waals surface area contributed by atoms with Crippen LogP contribution in [0.3, 0.4) is 0 Å². The van der Waals surface area contributed by atoms with E-state index in [1.807, 2.05) is 0 Å². The molecule has 4 heteroatoms. The zero-order valence-corrected chi connectivity index (χ0v) is 7.81. The number of hydrogen-bond donors (Lipinski definition) is 3. The lowest BCUT2D eigenvalue weighted by molar-refractivity contribution is 0.223. The van der Waals surface area contributed by atoms with E-state index in [-0.39, 0.29) is 6.03 Å². The first-order valence-electron chi connectivity index (χ1n) is 5.09. The van der Waals surface area contributed by atoms with Crippen molar-refractivity contribution in [1.29, 1.82) is 0 Å². The van der Waals surface area contributed by atoms with Crippen molar-refractivity contribution in [2.45, 2.75) is 25.3 Å². The second-order valence-electron chi connectivity index (χ2n) is 4.01. The van der Waals surface area contributed by atoms with Gasteiger partial charge in [-0.1, -0.05) is 0 Å². The first-order chi connectivity index (χ1) is 6.34. The standard InChI is InChI=1S/C9H17N3O/c13-9(12-8-2-1-3-8)11-6-7-4-10-5-7/h7-8,10H,1-6H2,(H2,11,12,13). The topological polar surface area (TPSA) is 53.2 Å². The van der Waals surface area contributed by atoms with Crippen LogP contribution >= 0.6 is 0 Å². The van der Waals surface area contributed by atoms with Crippen LogP contribution in [0, 0.1) is 5.92 Å². The third-order valence-electron chi connectivity index (χ3n) is 2.86. The van der Waals surface area contributed by atoms with E-state index in [1.165, 1.54) is 6.42 Å². The van der Waals surface area contributed by atoms with Crippen LogP contribution in [-0.4, -0.2) is 31.7 Å². The summed E-state index contributed by atoms with van der Waals surface area (Å²) in [6, 6.07) is 0.455. The molecule has 1 saturated carbocycles. The van der Waals surface area contributed by atoms with Gasteiger partial charge in [0, 0.05) is 31.6 Å². The van der Waals surface area contributed by atoms with Crippen molar-refractivity contribution in [3.05, 3.63) is 0 Å². The number of carbonyl (C=O) groups excluding carboxylic acids is 1. The summed E-state index contributed by atoms with van der Waals surface area (Å²) in [6.07, 6.45) is 3.56. The van der Waals surface area contributed by atoms with Crippen molar-refractivity contribution in [2.75, 3.05) is 19.6 Å². The fraction of sp³-hybridized carbons (Fsp3) is 0.889. The SMILES string of the molecule is O=C(NCC1CNC1)NC1CCC1. The fourth-order valence-electron chi connectivity index (χ4n) is 1.52. The summed E-state index contributed by atoms with van der Waals surface area (Å²) in [5.74, 6) is 0.646. The largest absolute Gasteiger partial charge is 0.338 e. The van der Waals surface area contributed by atoms with Crippen molar-refractivity contribution >= 4 is 6.03 Å². The van der Waals surface area contributed by atoms with Crippen molar-refractivity contribution in [3.63, 3.8) is 0 Å². The predicted octanol–water partition coefficient (Wildman–Crippen LogP) is 0.0575. The molecule has 2 amide bonds. The summed E-state index contributed by atoms with van der Waals surface area (Å²) in [5.41, 5.74) is 0. The van der Waals surface area contributed by atoms with Gasteiger partial charge in [0.15, 0.2) is 0 Å². The van der Waals surface area contributed by atoms with Gasteiger partial charge < -0.3 is 16.0 Å². The molecule has 1 saturated heterocycles. The molecule has 0 unspecified atom stereocenters. The number of carbonyl (C=O) groups is 1. The lowest BCUT2D eigenvalue weighted by Crippen LogP contribution is -2.51. The highest BCUT2D eigenvalue weighted by molar-refractivity contribution is 5.74. The minimum Gasteiger partial charge on any atom is -0.338 e. The minimum atomic E-state index is 0.0107. The molecule has 2 fully saturated rings. The summed E-state index contributed by atoms with van der Waals surface area (Å²) in [7, 11) is 0. The van der Waals surface area contributed by atoms with Gasteiger partial charge in [0.2, 0.25) is 0 Å². The summed E-state index contributed by atoms with van der Waals surface area (Å²) in [5, 5.41) is 9.02. The van der Waals surface area contributed by atoms with Crippen molar-refractivity contribution in [2.24, 2.45) is 5.92 Å². The van der Waals surface area contributed by atoms with Crippen LogP contribution in [0.2, 0.25) is 0 Å². The van der Waals surface area contributed by atoms with Gasteiger partial charge in [0.1, 0.15) is 0 Å². The number of urea groups is 1. The van der Waals surface area contributed by atoms with E-state index in [0.29, 0.717) is 12.0 Å². The summed E-state index contributed by atoms with van der Waals surface area (Å²) in [4.78, 5) is 11.2. The van der Waals surface area contributed by atoms with Crippen LogP contribution in [0.25, 0.3) is 0 Å². The van der Waals surface area contributed by atoms with Gasteiger partial charge in [-0.15, -0.1) is 0 Å². The lowest BCUT2D eigenvalue weighted by Gasteiger charge is -2.29. The van der Waals surface area contributed by atoms with Crippen LogP contribution in [0.15, 0.2) is 0 Å². The molecule has 3 N–H and O–H groups in total. The van der Waals surface area contributed by atoms with E-state index in [2.05, 4.69) is 16.0 Å². The summed E-state index contributed by atoms with van der Waals surface area (Å²) in [6.45, 7) is 2.90. The monoisotopic (exact) mass is 183 g/mol. The maximum atomic E-state index is 11.2. The summed E-state index contributed by atoms with van der Waals surface area (Å²) >= 11 is 0. The van der Waals surface area contributed by atoms with Gasteiger partial charge >= 0.3 is 6.03 Å². The predicted molar refractivity (Wildman–Crippen MR) is 50.5 cm³/mol. The van der Waals surface area contributed by atoms with E-state index in [9.17, 15) is 4.79 Å². The normalized spacial score (nSPS) is 23.1. The lowest BCUT2D eigenvalue weighted by atomic mass is 9.93. The minimum absolute atomic E-state index is 0.0107. The highest BCUT2D eigenvalue weighted by atomic mass is 16.2. The smallest absolute Gasteiger partial charge is 0.315 e. The first kappa shape index (κ1) is 8.81. The Bertz CT molecular complexity index is 187. The van der Waals surface area contributed by atoms with Crippen LogP contribution < -0.4 is 16.0 Å². The summed E-state index contributed by atoms with van der Waals surface area (Å²) < 4.78 is 0. The van der Waals surface area contributed by atoms with Crippen molar-refractivity contribution < 1.29 is 4.79 Å². The Morgan fingerprint density at radius 1 is 1.38 bits per heavy atom. The molecule has 0 atom stereocenters. The molecule has 4 nitrogen and oxygen atoms in total. The molecule has 74 valence electrons. The molecule has 0 bridgehead atoms. The van der Waals surface area contributed by atoms with E-state index in [0.717, 1.165) is 32.5 Å². The Balaban J connectivity index is 1.54. The average molecular weight is 183 g/mol. The van der Waals surface area contributed by atoms with Crippen molar-refractivity contribution in [3.8, 4) is 0 Å². The highest BCUT2D eigenvalue weighted by Gasteiger charge is 2.21. The van der Waals surface area contributed by atoms with Crippen LogP contribution in [0.4, 0.5) is 4.79 Å². The molecule has 1 aliphatic carbocycles. The van der Waals surface area contributed by atoms with E-state index in [1.54, 1.807) is 0 Å². The number of amides is 2. The maximum absolute atomic E-state index is 11.2. The molecule has 0 aromatic rings. The molecule has 0 aromatic carbocycles. The van der Waals surface area contributed by atoms with E-state index < -0.39 is 0 Å². The second-order valence-corrected chi connectivity index (χ2v) is 4.01.